The molecule has 0 atom stereocenters. The highest BCUT2D eigenvalue weighted by atomic mass is 16.5. The first-order valence-corrected chi connectivity index (χ1v) is 4.37. The van der Waals surface area contributed by atoms with Gasteiger partial charge in [-0.05, 0) is 24.1 Å². The molecule has 0 amide bonds. The van der Waals surface area contributed by atoms with Gasteiger partial charge in [-0.1, -0.05) is 18.7 Å². The van der Waals surface area contributed by atoms with Crippen LogP contribution in [0, 0.1) is 0 Å². The second-order valence-electron chi connectivity index (χ2n) is 2.76. The number of methoxy groups -OCH3 is 1. The molecule has 1 rings (SSSR count). The molecule has 0 saturated carbocycles. The third-order valence-corrected chi connectivity index (χ3v) is 1.82. The Hall–Kier alpha value is -1.70. The average molecular weight is 190 g/mol. The van der Waals surface area contributed by atoms with E-state index in [1.165, 1.54) is 6.26 Å². The maximum absolute atomic E-state index is 5.18. The summed E-state index contributed by atoms with van der Waals surface area (Å²) in [5.41, 5.74) is 1.15. The van der Waals surface area contributed by atoms with E-state index in [1.54, 1.807) is 7.11 Å². The molecule has 0 aliphatic heterocycles. The third kappa shape index (κ3) is 2.39. The van der Waals surface area contributed by atoms with Crippen molar-refractivity contribution in [1.82, 2.24) is 0 Å². The van der Waals surface area contributed by atoms with Crippen LogP contribution >= 0.6 is 0 Å². The Morgan fingerprint density at radius 3 is 2.64 bits per heavy atom. The summed E-state index contributed by atoms with van der Waals surface area (Å²) in [6.07, 6.45) is 4.05. The van der Waals surface area contributed by atoms with Gasteiger partial charge >= 0.3 is 0 Å². The van der Waals surface area contributed by atoms with Gasteiger partial charge < -0.3 is 9.47 Å². The van der Waals surface area contributed by atoms with Crippen LogP contribution in [0.5, 0.6) is 11.5 Å². The maximum Gasteiger partial charge on any atom is 0.168 e. The van der Waals surface area contributed by atoms with Crippen molar-refractivity contribution < 1.29 is 9.47 Å². The first kappa shape index (κ1) is 10.4. The van der Waals surface area contributed by atoms with E-state index in [0.717, 1.165) is 12.0 Å². The Labute approximate surface area is 84.5 Å². The monoisotopic (exact) mass is 190 g/mol. The highest BCUT2D eigenvalue weighted by molar-refractivity contribution is 5.43. The van der Waals surface area contributed by atoms with Crippen LogP contribution < -0.4 is 9.47 Å². The van der Waals surface area contributed by atoms with E-state index in [-0.39, 0.29) is 0 Å². The first-order valence-electron chi connectivity index (χ1n) is 4.37. The zero-order chi connectivity index (χ0) is 10.4. The lowest BCUT2D eigenvalue weighted by atomic mass is 10.1. The molecule has 0 fully saturated rings. The summed E-state index contributed by atoms with van der Waals surface area (Å²) >= 11 is 0. The largest absolute Gasteiger partial charge is 0.493 e. The van der Waals surface area contributed by atoms with Crippen LogP contribution in [0.4, 0.5) is 0 Å². The Bertz CT molecular complexity index is 329. The van der Waals surface area contributed by atoms with Crippen LogP contribution in [0.2, 0.25) is 0 Å². The minimum atomic E-state index is 0.676. The topological polar surface area (TPSA) is 18.5 Å². The summed E-state index contributed by atoms with van der Waals surface area (Å²) in [7, 11) is 1.61. The molecule has 0 bridgehead atoms. The highest BCUT2D eigenvalue weighted by Crippen LogP contribution is 2.28. The fraction of sp³-hybridized carbons (Fsp3) is 0.167. The minimum Gasteiger partial charge on any atom is -0.493 e. The molecule has 1 aromatic carbocycles. The first-order chi connectivity index (χ1) is 6.81. The SMILES string of the molecule is C=CCc1ccc(OC=C)c(OC)c1. The molecule has 0 heterocycles. The van der Waals surface area contributed by atoms with Crippen LogP contribution in [0.1, 0.15) is 5.56 Å². The fourth-order valence-corrected chi connectivity index (χ4v) is 1.19. The van der Waals surface area contributed by atoms with E-state index in [2.05, 4.69) is 13.2 Å². The molecule has 0 aliphatic rings. The molecule has 0 aliphatic carbocycles. The van der Waals surface area contributed by atoms with Gasteiger partial charge in [0.1, 0.15) is 0 Å². The van der Waals surface area contributed by atoms with Gasteiger partial charge in [0.15, 0.2) is 11.5 Å². The average Bonchev–Trinajstić information content (AvgIpc) is 2.21. The number of hydrogen-bond donors (Lipinski definition) is 0. The molecule has 0 saturated heterocycles. The van der Waals surface area contributed by atoms with E-state index in [4.69, 9.17) is 9.47 Å². The summed E-state index contributed by atoms with van der Waals surface area (Å²) < 4.78 is 10.4. The Kier molecular flexibility index (Phi) is 3.80. The standard InChI is InChI=1S/C12H14O2/c1-4-6-10-7-8-11(14-5-2)12(9-10)13-3/h4-5,7-9H,1-2,6H2,3H3. The van der Waals surface area contributed by atoms with Gasteiger partial charge in [0.25, 0.3) is 0 Å². The Morgan fingerprint density at radius 2 is 2.07 bits per heavy atom. The van der Waals surface area contributed by atoms with Crippen LogP contribution in [-0.2, 0) is 6.42 Å². The smallest absolute Gasteiger partial charge is 0.168 e. The Morgan fingerprint density at radius 1 is 1.29 bits per heavy atom. The normalized spacial score (nSPS) is 9.21. The van der Waals surface area contributed by atoms with E-state index in [9.17, 15) is 0 Å². The quantitative estimate of drug-likeness (QED) is 0.525. The molecule has 74 valence electrons. The van der Waals surface area contributed by atoms with Crippen molar-refractivity contribution in [2.45, 2.75) is 6.42 Å². The van der Waals surface area contributed by atoms with Crippen molar-refractivity contribution in [3.63, 3.8) is 0 Å². The molecule has 2 heteroatoms. The van der Waals surface area contributed by atoms with Crippen LogP contribution in [-0.4, -0.2) is 7.11 Å². The number of allylic oxidation sites excluding steroid dienone is 1. The lowest BCUT2D eigenvalue weighted by molar-refractivity contribution is 0.378. The predicted octanol–water partition coefficient (Wildman–Crippen LogP) is 2.95. The zero-order valence-electron chi connectivity index (χ0n) is 8.32. The molecule has 0 spiro atoms. The lowest BCUT2D eigenvalue weighted by Crippen LogP contribution is -1.91. The van der Waals surface area contributed by atoms with Crippen molar-refractivity contribution in [2.24, 2.45) is 0 Å². The molecule has 0 unspecified atom stereocenters. The summed E-state index contributed by atoms with van der Waals surface area (Å²) in [5, 5.41) is 0. The van der Waals surface area contributed by atoms with Crippen LogP contribution in [0.3, 0.4) is 0 Å². The van der Waals surface area contributed by atoms with E-state index in [1.807, 2.05) is 24.3 Å². The molecule has 0 N–H and O–H groups in total. The molecule has 14 heavy (non-hydrogen) atoms. The molecular formula is C12H14O2. The molecule has 2 nitrogen and oxygen atoms in total. The highest BCUT2D eigenvalue weighted by Gasteiger charge is 2.03. The predicted molar refractivity (Wildman–Crippen MR) is 57.7 cm³/mol. The number of ether oxygens (including phenoxy) is 2. The second-order valence-corrected chi connectivity index (χ2v) is 2.76. The molecule has 1 aromatic rings. The number of rotatable bonds is 5. The van der Waals surface area contributed by atoms with Crippen LogP contribution in [0.15, 0.2) is 43.7 Å². The summed E-state index contributed by atoms with van der Waals surface area (Å²) in [4.78, 5) is 0. The van der Waals surface area contributed by atoms with Gasteiger partial charge in [0, 0.05) is 0 Å². The third-order valence-electron chi connectivity index (χ3n) is 1.82. The van der Waals surface area contributed by atoms with Gasteiger partial charge in [0.2, 0.25) is 0 Å². The van der Waals surface area contributed by atoms with Gasteiger partial charge in [-0.3, -0.25) is 0 Å². The molecule has 0 aromatic heterocycles. The zero-order valence-corrected chi connectivity index (χ0v) is 8.32. The van der Waals surface area contributed by atoms with E-state index < -0.39 is 0 Å². The van der Waals surface area contributed by atoms with Crippen molar-refractivity contribution in [3.8, 4) is 11.5 Å². The number of benzene rings is 1. The van der Waals surface area contributed by atoms with Crippen molar-refractivity contribution >= 4 is 0 Å². The summed E-state index contributed by atoms with van der Waals surface area (Å²) in [6.45, 7) is 7.18. The van der Waals surface area contributed by atoms with Gasteiger partial charge in [-0.25, -0.2) is 0 Å². The second kappa shape index (κ2) is 5.12. The van der Waals surface area contributed by atoms with E-state index in [0.29, 0.717) is 11.5 Å². The minimum absolute atomic E-state index is 0.676. The van der Waals surface area contributed by atoms with Crippen molar-refractivity contribution in [2.75, 3.05) is 7.11 Å². The van der Waals surface area contributed by atoms with Crippen LogP contribution in [0.25, 0.3) is 0 Å². The summed E-state index contributed by atoms with van der Waals surface area (Å²) in [6, 6.07) is 5.77. The molecular weight excluding hydrogens is 176 g/mol. The molecule has 0 radical (unpaired) electrons. The lowest BCUT2D eigenvalue weighted by Gasteiger charge is -2.08. The summed E-state index contributed by atoms with van der Waals surface area (Å²) in [5.74, 6) is 1.39. The number of hydrogen-bond acceptors (Lipinski definition) is 2. The van der Waals surface area contributed by atoms with Gasteiger partial charge in [0.05, 0.1) is 13.4 Å². The fourth-order valence-electron chi connectivity index (χ4n) is 1.19. The Balaban J connectivity index is 2.97. The van der Waals surface area contributed by atoms with Crippen molar-refractivity contribution in [3.05, 3.63) is 49.3 Å². The van der Waals surface area contributed by atoms with Gasteiger partial charge in [-0.15, -0.1) is 6.58 Å². The van der Waals surface area contributed by atoms with E-state index >= 15 is 0 Å². The maximum atomic E-state index is 5.18. The van der Waals surface area contributed by atoms with Crippen molar-refractivity contribution in [1.29, 1.82) is 0 Å². The van der Waals surface area contributed by atoms with Gasteiger partial charge in [-0.2, -0.15) is 0 Å².